The number of nitrogens with zero attached hydrogens (tertiary/aromatic N) is 1. The number of methoxy groups -OCH3 is 1. The number of esters is 1. The summed E-state index contributed by atoms with van der Waals surface area (Å²) < 4.78 is 21.7. The van der Waals surface area contributed by atoms with Crippen LogP contribution in [-0.4, -0.2) is 37.1 Å². The van der Waals surface area contributed by atoms with Gasteiger partial charge >= 0.3 is 5.97 Å². The number of hydrogen-bond donors (Lipinski definition) is 0. The largest absolute Gasteiger partial charge is 0.465 e. The predicted molar refractivity (Wildman–Crippen MR) is 100 cm³/mol. The van der Waals surface area contributed by atoms with E-state index < -0.39 is 11.8 Å². The first-order valence-electron chi connectivity index (χ1n) is 9.40. The minimum Gasteiger partial charge on any atom is -0.465 e. The van der Waals surface area contributed by atoms with Crippen molar-refractivity contribution in [3.05, 3.63) is 41.8 Å². The molecule has 1 aromatic carbocycles. The van der Waals surface area contributed by atoms with E-state index in [2.05, 4.69) is 4.98 Å². The highest BCUT2D eigenvalue weighted by atomic mass is 16.7. The van der Waals surface area contributed by atoms with Crippen LogP contribution < -0.4 is 0 Å². The third-order valence-corrected chi connectivity index (χ3v) is 4.93. The van der Waals surface area contributed by atoms with Crippen molar-refractivity contribution in [1.82, 2.24) is 4.98 Å². The van der Waals surface area contributed by atoms with Gasteiger partial charge in [0.05, 0.1) is 26.0 Å². The molecule has 0 saturated carbocycles. The molecule has 0 unspecified atom stereocenters. The van der Waals surface area contributed by atoms with E-state index in [4.69, 9.17) is 18.6 Å². The Kier molecular flexibility index (Phi) is 6.29. The molecule has 2 aromatic rings. The molecule has 1 fully saturated rings. The molecule has 0 radical (unpaired) electrons. The van der Waals surface area contributed by atoms with Gasteiger partial charge in [0.25, 0.3) is 5.79 Å². The van der Waals surface area contributed by atoms with E-state index >= 15 is 0 Å². The summed E-state index contributed by atoms with van der Waals surface area (Å²) in [5.41, 5.74) is 2.01. The summed E-state index contributed by atoms with van der Waals surface area (Å²) in [4.78, 5) is 16.3. The van der Waals surface area contributed by atoms with E-state index in [1.54, 1.807) is 6.92 Å². The highest BCUT2D eigenvalue weighted by Crippen LogP contribution is 2.26. The monoisotopic (exact) mass is 373 g/mol. The van der Waals surface area contributed by atoms with Crippen molar-refractivity contribution in [2.75, 3.05) is 20.3 Å². The first-order chi connectivity index (χ1) is 13.0. The van der Waals surface area contributed by atoms with Crippen LogP contribution in [-0.2, 0) is 25.4 Å². The van der Waals surface area contributed by atoms with Gasteiger partial charge in [-0.25, -0.2) is 9.78 Å². The summed E-state index contributed by atoms with van der Waals surface area (Å²) in [5, 5.41) is 0. The Hall–Kier alpha value is -2.18. The fourth-order valence-electron chi connectivity index (χ4n) is 3.20. The summed E-state index contributed by atoms with van der Waals surface area (Å²) in [7, 11) is 1.33. The van der Waals surface area contributed by atoms with Crippen LogP contribution in [0.3, 0.4) is 0 Å². The van der Waals surface area contributed by atoms with E-state index in [1.165, 1.54) is 7.11 Å². The lowest BCUT2D eigenvalue weighted by Gasteiger charge is -2.35. The summed E-state index contributed by atoms with van der Waals surface area (Å²) in [6, 6.07) is 9.94. The third-order valence-electron chi connectivity index (χ3n) is 4.93. The molecule has 6 nitrogen and oxygen atoms in total. The van der Waals surface area contributed by atoms with E-state index in [1.807, 2.05) is 37.3 Å². The van der Waals surface area contributed by atoms with Crippen molar-refractivity contribution in [2.24, 2.45) is 5.92 Å². The van der Waals surface area contributed by atoms with Crippen LogP contribution in [0.5, 0.6) is 0 Å². The summed E-state index contributed by atoms with van der Waals surface area (Å²) in [6.07, 6.45) is 3.93. The number of benzene rings is 1. The molecule has 6 heteroatoms. The summed E-state index contributed by atoms with van der Waals surface area (Å²) in [5.74, 6) is 0.0979. The van der Waals surface area contributed by atoms with Gasteiger partial charge in [-0.3, -0.25) is 0 Å². The van der Waals surface area contributed by atoms with E-state index in [9.17, 15) is 4.79 Å². The Morgan fingerprint density at radius 2 is 1.93 bits per heavy atom. The molecule has 3 rings (SSSR count). The normalized spacial score (nSPS) is 22.6. The Labute approximate surface area is 159 Å². The Morgan fingerprint density at radius 3 is 2.59 bits per heavy atom. The van der Waals surface area contributed by atoms with Crippen molar-refractivity contribution in [2.45, 2.75) is 45.3 Å². The molecular formula is C21H27NO5. The first kappa shape index (κ1) is 19.6. The van der Waals surface area contributed by atoms with E-state index in [0.29, 0.717) is 25.0 Å². The Balaban J connectivity index is 1.43. The zero-order valence-electron chi connectivity index (χ0n) is 16.2. The van der Waals surface area contributed by atoms with Gasteiger partial charge in [-0.05, 0) is 38.3 Å². The number of ether oxygens (including phenoxy) is 3. The van der Waals surface area contributed by atoms with Gasteiger partial charge in [0.15, 0.2) is 0 Å². The third kappa shape index (κ3) is 4.76. The van der Waals surface area contributed by atoms with Gasteiger partial charge < -0.3 is 18.6 Å². The lowest BCUT2D eigenvalue weighted by Crippen LogP contribution is -2.48. The molecule has 1 saturated heterocycles. The molecule has 2 heterocycles. The summed E-state index contributed by atoms with van der Waals surface area (Å²) >= 11 is 0. The smallest absolute Gasteiger partial charge is 0.366 e. The van der Waals surface area contributed by atoms with Crippen LogP contribution in [0.25, 0.3) is 11.5 Å². The molecular weight excluding hydrogens is 346 g/mol. The standard InChI is InChI=1S/C21H27NO5/c1-15-18(22-19(27-15)17-10-5-4-6-11-17)12-8-7-9-16-13-25-21(2,26-14-16)20(23)24-3/h4-6,10-11,16H,7-9,12-14H2,1-3H3/t16-,21-. The van der Waals surface area contributed by atoms with Gasteiger partial charge in [0, 0.05) is 18.4 Å². The van der Waals surface area contributed by atoms with Crippen molar-refractivity contribution in [3.8, 4) is 11.5 Å². The van der Waals surface area contributed by atoms with Gasteiger partial charge in [0.2, 0.25) is 5.89 Å². The van der Waals surface area contributed by atoms with Crippen molar-refractivity contribution < 1.29 is 23.4 Å². The second kappa shape index (κ2) is 8.67. The van der Waals surface area contributed by atoms with Crippen LogP contribution in [0, 0.1) is 12.8 Å². The minimum absolute atomic E-state index is 0.293. The average Bonchev–Trinajstić information content (AvgIpc) is 3.07. The van der Waals surface area contributed by atoms with E-state index in [-0.39, 0.29) is 0 Å². The molecule has 0 spiro atoms. The molecule has 0 bridgehead atoms. The number of rotatable bonds is 7. The number of aryl methyl sites for hydroxylation is 2. The lowest BCUT2D eigenvalue weighted by atomic mass is 10.0. The van der Waals surface area contributed by atoms with Crippen LogP contribution in [0.2, 0.25) is 0 Å². The lowest BCUT2D eigenvalue weighted by molar-refractivity contribution is -0.272. The average molecular weight is 373 g/mol. The number of carbonyl (C=O) groups excluding carboxylic acids is 1. The molecule has 0 amide bonds. The molecule has 1 aliphatic heterocycles. The maximum absolute atomic E-state index is 11.7. The van der Waals surface area contributed by atoms with Crippen LogP contribution in [0.1, 0.15) is 37.6 Å². The molecule has 146 valence electrons. The molecule has 0 N–H and O–H groups in total. The molecule has 1 aromatic heterocycles. The van der Waals surface area contributed by atoms with Crippen molar-refractivity contribution in [1.29, 1.82) is 0 Å². The number of hydrogen-bond acceptors (Lipinski definition) is 6. The van der Waals surface area contributed by atoms with Crippen LogP contribution >= 0.6 is 0 Å². The Morgan fingerprint density at radius 1 is 1.22 bits per heavy atom. The highest BCUT2D eigenvalue weighted by Gasteiger charge is 2.41. The van der Waals surface area contributed by atoms with Crippen LogP contribution in [0.15, 0.2) is 34.7 Å². The maximum atomic E-state index is 11.7. The SMILES string of the molecule is COC(=O)[C@]1(C)OC[C@@H](CCCCc2nc(-c3ccccc3)oc2C)CO1. The van der Waals surface area contributed by atoms with E-state index in [0.717, 1.165) is 42.7 Å². The van der Waals surface area contributed by atoms with Gasteiger partial charge in [0.1, 0.15) is 5.76 Å². The highest BCUT2D eigenvalue weighted by molar-refractivity contribution is 5.77. The zero-order valence-corrected chi connectivity index (χ0v) is 16.2. The zero-order chi connectivity index (χ0) is 19.3. The van der Waals surface area contributed by atoms with Gasteiger partial charge in [-0.15, -0.1) is 0 Å². The summed E-state index contributed by atoms with van der Waals surface area (Å²) in [6.45, 7) is 4.58. The molecule has 0 aliphatic carbocycles. The second-order valence-corrected chi connectivity index (χ2v) is 7.06. The Bertz CT molecular complexity index is 747. The predicted octanol–water partition coefficient (Wildman–Crippen LogP) is 3.92. The van der Waals surface area contributed by atoms with Gasteiger partial charge in [-0.1, -0.05) is 24.6 Å². The first-order valence-corrected chi connectivity index (χ1v) is 9.40. The van der Waals surface area contributed by atoms with Crippen molar-refractivity contribution >= 4 is 5.97 Å². The van der Waals surface area contributed by atoms with Gasteiger partial charge in [-0.2, -0.15) is 0 Å². The molecule has 1 aliphatic rings. The fourth-order valence-corrected chi connectivity index (χ4v) is 3.20. The number of unbranched alkanes of at least 4 members (excludes halogenated alkanes) is 1. The van der Waals surface area contributed by atoms with Crippen LogP contribution in [0.4, 0.5) is 0 Å². The van der Waals surface area contributed by atoms with Crippen molar-refractivity contribution in [3.63, 3.8) is 0 Å². The molecule has 0 atom stereocenters. The number of oxazole rings is 1. The maximum Gasteiger partial charge on any atom is 0.366 e. The number of carbonyl (C=O) groups is 1. The molecule has 27 heavy (non-hydrogen) atoms. The quantitative estimate of drug-likeness (QED) is 0.541. The minimum atomic E-state index is -1.27. The fraction of sp³-hybridized carbons (Fsp3) is 0.524. The topological polar surface area (TPSA) is 70.8 Å². The number of aromatic nitrogens is 1. The second-order valence-electron chi connectivity index (χ2n) is 7.06.